The molecule has 0 saturated heterocycles. The van der Waals surface area contributed by atoms with Crippen molar-refractivity contribution in [3.05, 3.63) is 0 Å². The first-order valence-electron chi connectivity index (χ1n) is 5.66. The number of carbonyl (C=O) groups is 1. The molecule has 0 aromatic heterocycles. The molecule has 4 nitrogen and oxygen atoms in total. The maximum atomic E-state index is 11.0. The Kier molecular flexibility index (Phi) is 8.33. The van der Waals surface area contributed by atoms with Crippen LogP contribution in [0.4, 0.5) is 0 Å². The van der Waals surface area contributed by atoms with E-state index in [0.29, 0.717) is 6.42 Å². The van der Waals surface area contributed by atoms with Crippen molar-refractivity contribution in [1.82, 2.24) is 0 Å². The van der Waals surface area contributed by atoms with Crippen LogP contribution in [0.25, 0.3) is 0 Å². The highest BCUT2D eigenvalue weighted by atomic mass is 16.5. The monoisotopic (exact) mass is 218 g/mol. The molecule has 0 bridgehead atoms. The van der Waals surface area contributed by atoms with Gasteiger partial charge in [-0.15, -0.1) is 0 Å². The molecular weight excluding hydrogens is 196 g/mol. The van der Waals surface area contributed by atoms with Crippen molar-refractivity contribution in [2.45, 2.75) is 58.2 Å². The summed E-state index contributed by atoms with van der Waals surface area (Å²) in [5.41, 5.74) is 0. The zero-order chi connectivity index (χ0) is 11.7. The van der Waals surface area contributed by atoms with Crippen molar-refractivity contribution in [3.8, 4) is 0 Å². The van der Waals surface area contributed by atoms with Gasteiger partial charge in [0.1, 0.15) is 0 Å². The second kappa shape index (κ2) is 8.68. The van der Waals surface area contributed by atoms with Gasteiger partial charge in [0, 0.05) is 0 Å². The molecule has 0 aliphatic heterocycles. The van der Waals surface area contributed by atoms with Crippen LogP contribution in [-0.4, -0.2) is 35.0 Å². The minimum absolute atomic E-state index is 0.221. The summed E-state index contributed by atoms with van der Waals surface area (Å²) in [6, 6.07) is 0. The summed E-state index contributed by atoms with van der Waals surface area (Å²) in [6.07, 6.45) is 2.13. The van der Waals surface area contributed by atoms with E-state index in [1.165, 1.54) is 0 Å². The average Bonchev–Trinajstić information content (AvgIpc) is 2.23. The minimum Gasteiger partial charge on any atom is -0.464 e. The fourth-order valence-electron chi connectivity index (χ4n) is 1.32. The molecule has 0 heterocycles. The van der Waals surface area contributed by atoms with E-state index in [0.717, 1.165) is 25.7 Å². The van der Waals surface area contributed by atoms with E-state index in [1.54, 1.807) is 6.92 Å². The molecular formula is C11H22O4. The number of unbranched alkanes of at least 4 members (excludes halogenated alkanes) is 3. The Morgan fingerprint density at radius 1 is 1.20 bits per heavy atom. The van der Waals surface area contributed by atoms with Crippen molar-refractivity contribution in [2.24, 2.45) is 0 Å². The molecule has 2 atom stereocenters. The molecule has 0 saturated carbocycles. The Hall–Kier alpha value is -0.610. The van der Waals surface area contributed by atoms with Gasteiger partial charge in [-0.3, -0.25) is 0 Å². The summed E-state index contributed by atoms with van der Waals surface area (Å²) in [5, 5.41) is 18.8. The molecule has 0 fully saturated rings. The summed E-state index contributed by atoms with van der Waals surface area (Å²) in [6.45, 7) is 3.99. The predicted molar refractivity (Wildman–Crippen MR) is 57.4 cm³/mol. The number of hydrogen-bond donors (Lipinski definition) is 2. The van der Waals surface area contributed by atoms with Crippen LogP contribution in [0.5, 0.6) is 0 Å². The molecule has 90 valence electrons. The highest BCUT2D eigenvalue weighted by molar-refractivity contribution is 5.75. The van der Waals surface area contributed by atoms with Crippen molar-refractivity contribution >= 4 is 5.97 Å². The van der Waals surface area contributed by atoms with Crippen LogP contribution in [0.3, 0.4) is 0 Å². The first-order valence-corrected chi connectivity index (χ1v) is 5.66. The van der Waals surface area contributed by atoms with Crippen LogP contribution in [0.1, 0.15) is 46.0 Å². The zero-order valence-electron chi connectivity index (χ0n) is 9.61. The van der Waals surface area contributed by atoms with Gasteiger partial charge >= 0.3 is 5.97 Å². The third-order valence-corrected chi connectivity index (χ3v) is 2.25. The van der Waals surface area contributed by atoms with E-state index >= 15 is 0 Å². The van der Waals surface area contributed by atoms with E-state index in [2.05, 4.69) is 11.7 Å². The quantitative estimate of drug-likeness (QED) is 0.475. The van der Waals surface area contributed by atoms with E-state index in [4.69, 9.17) is 0 Å². The third kappa shape index (κ3) is 6.47. The second-order valence-corrected chi connectivity index (χ2v) is 3.61. The molecule has 0 spiro atoms. The van der Waals surface area contributed by atoms with Gasteiger partial charge in [0.05, 0.1) is 12.7 Å². The number of hydrogen-bond acceptors (Lipinski definition) is 4. The van der Waals surface area contributed by atoms with Crippen molar-refractivity contribution < 1.29 is 19.7 Å². The lowest BCUT2D eigenvalue weighted by molar-refractivity contribution is -0.159. The van der Waals surface area contributed by atoms with Crippen LogP contribution in [-0.2, 0) is 9.53 Å². The largest absolute Gasteiger partial charge is 0.464 e. The molecule has 0 aromatic rings. The molecule has 15 heavy (non-hydrogen) atoms. The Morgan fingerprint density at radius 3 is 2.40 bits per heavy atom. The lowest BCUT2D eigenvalue weighted by atomic mass is 10.1. The fraction of sp³-hybridized carbons (Fsp3) is 0.909. The van der Waals surface area contributed by atoms with E-state index in [1.807, 2.05) is 0 Å². The van der Waals surface area contributed by atoms with Gasteiger partial charge in [0.25, 0.3) is 0 Å². The van der Waals surface area contributed by atoms with Crippen molar-refractivity contribution in [3.63, 3.8) is 0 Å². The molecule has 4 heteroatoms. The van der Waals surface area contributed by atoms with Crippen molar-refractivity contribution in [1.29, 1.82) is 0 Å². The topological polar surface area (TPSA) is 66.8 Å². The van der Waals surface area contributed by atoms with E-state index in [9.17, 15) is 15.0 Å². The van der Waals surface area contributed by atoms with E-state index in [-0.39, 0.29) is 6.61 Å². The molecule has 0 aliphatic carbocycles. The number of aliphatic hydroxyl groups excluding tert-OH is 2. The maximum absolute atomic E-state index is 11.0. The molecule has 0 aliphatic rings. The summed E-state index contributed by atoms with van der Waals surface area (Å²) in [5.74, 6) is -0.736. The third-order valence-electron chi connectivity index (χ3n) is 2.25. The van der Waals surface area contributed by atoms with Gasteiger partial charge in [-0.05, 0) is 13.3 Å². The lowest BCUT2D eigenvalue weighted by Gasteiger charge is -2.15. The van der Waals surface area contributed by atoms with Crippen LogP contribution in [0, 0.1) is 0 Å². The average molecular weight is 218 g/mol. The van der Waals surface area contributed by atoms with Gasteiger partial charge in [-0.1, -0.05) is 32.6 Å². The predicted octanol–water partition coefficient (Wildman–Crippen LogP) is 1.24. The SMILES string of the molecule is CCCCCC[C@H](O)[C@H](O)C(=O)OCC. The highest BCUT2D eigenvalue weighted by Crippen LogP contribution is 2.09. The summed E-state index contributed by atoms with van der Waals surface area (Å²) in [7, 11) is 0. The van der Waals surface area contributed by atoms with Gasteiger partial charge in [-0.25, -0.2) is 4.79 Å². The van der Waals surface area contributed by atoms with Crippen molar-refractivity contribution in [2.75, 3.05) is 6.61 Å². The van der Waals surface area contributed by atoms with Crippen LogP contribution in [0.15, 0.2) is 0 Å². The Bertz CT molecular complexity index is 170. The molecule has 0 aromatic carbocycles. The first kappa shape index (κ1) is 14.4. The number of rotatable bonds is 8. The van der Waals surface area contributed by atoms with Gasteiger partial charge in [0.15, 0.2) is 6.10 Å². The highest BCUT2D eigenvalue weighted by Gasteiger charge is 2.24. The van der Waals surface area contributed by atoms with Crippen LogP contribution in [0.2, 0.25) is 0 Å². The Balaban J connectivity index is 3.68. The first-order chi connectivity index (χ1) is 7.13. The van der Waals surface area contributed by atoms with Crippen LogP contribution >= 0.6 is 0 Å². The summed E-state index contributed by atoms with van der Waals surface area (Å²) in [4.78, 5) is 11.0. The second-order valence-electron chi connectivity index (χ2n) is 3.61. The van der Waals surface area contributed by atoms with Gasteiger partial charge < -0.3 is 14.9 Å². The normalized spacial score (nSPS) is 14.7. The number of ether oxygens (including phenoxy) is 1. The number of carbonyl (C=O) groups excluding carboxylic acids is 1. The molecule has 0 unspecified atom stereocenters. The standard InChI is InChI=1S/C11H22O4/c1-3-5-6-7-8-9(12)10(13)11(14)15-4-2/h9-10,12-13H,3-8H2,1-2H3/t9-,10-/m0/s1. The number of aliphatic hydroxyl groups is 2. The van der Waals surface area contributed by atoms with Gasteiger partial charge in [-0.2, -0.15) is 0 Å². The Morgan fingerprint density at radius 2 is 1.87 bits per heavy atom. The maximum Gasteiger partial charge on any atom is 0.337 e. The molecule has 0 radical (unpaired) electrons. The summed E-state index contributed by atoms with van der Waals surface area (Å²) >= 11 is 0. The van der Waals surface area contributed by atoms with Crippen LogP contribution < -0.4 is 0 Å². The van der Waals surface area contributed by atoms with Gasteiger partial charge in [0.2, 0.25) is 0 Å². The minimum atomic E-state index is -1.40. The smallest absolute Gasteiger partial charge is 0.337 e. The Labute approximate surface area is 91.3 Å². The van der Waals surface area contributed by atoms with E-state index < -0.39 is 18.2 Å². The number of esters is 1. The fourth-order valence-corrected chi connectivity index (χ4v) is 1.32. The molecule has 0 amide bonds. The zero-order valence-corrected chi connectivity index (χ0v) is 9.61. The summed E-state index contributed by atoms with van der Waals surface area (Å²) < 4.78 is 4.60. The lowest BCUT2D eigenvalue weighted by Crippen LogP contribution is -2.35. The molecule has 2 N–H and O–H groups in total. The molecule has 0 rings (SSSR count).